The van der Waals surface area contributed by atoms with Crippen LogP contribution in [0.1, 0.15) is 25.0 Å². The molecule has 0 aliphatic rings. The number of rotatable bonds is 5. The van der Waals surface area contributed by atoms with Crippen LogP contribution in [0.15, 0.2) is 24.3 Å². The predicted octanol–water partition coefficient (Wildman–Crippen LogP) is 3.43. The minimum Gasteiger partial charge on any atom is -0.468 e. The van der Waals surface area contributed by atoms with Crippen LogP contribution < -0.4 is 0 Å². The Hall–Kier alpha value is -0.960. The van der Waals surface area contributed by atoms with E-state index in [4.69, 9.17) is 4.74 Å². The smallest absolute Gasteiger partial charge is 0.319 e. The molecular formula is C14H20O2S. The Morgan fingerprint density at radius 3 is 2.53 bits per heavy atom. The van der Waals surface area contributed by atoms with E-state index in [1.54, 1.807) is 11.8 Å². The zero-order valence-electron chi connectivity index (χ0n) is 10.9. The molecule has 0 saturated carbocycles. The van der Waals surface area contributed by atoms with Crippen LogP contribution in [-0.2, 0) is 15.3 Å². The summed E-state index contributed by atoms with van der Waals surface area (Å²) in [6.45, 7) is 6.19. The van der Waals surface area contributed by atoms with E-state index in [1.807, 2.05) is 26.0 Å². The van der Waals surface area contributed by atoms with Crippen LogP contribution in [0, 0.1) is 12.8 Å². The Kier molecular flexibility index (Phi) is 5.56. The number of hydrogen-bond donors (Lipinski definition) is 0. The van der Waals surface area contributed by atoms with Crippen LogP contribution in [0.5, 0.6) is 0 Å². The molecule has 1 unspecified atom stereocenters. The normalized spacial score (nSPS) is 12.5. The summed E-state index contributed by atoms with van der Waals surface area (Å²) in [6.07, 6.45) is 0. The Morgan fingerprint density at radius 1 is 1.35 bits per heavy atom. The van der Waals surface area contributed by atoms with Gasteiger partial charge in [0.05, 0.1) is 7.11 Å². The minimum absolute atomic E-state index is 0.0837. The average molecular weight is 252 g/mol. The number of carbonyl (C=O) groups excluding carboxylic acids is 1. The molecule has 2 nitrogen and oxygen atoms in total. The monoisotopic (exact) mass is 252 g/mol. The van der Waals surface area contributed by atoms with Crippen LogP contribution in [0.3, 0.4) is 0 Å². The first-order valence-corrected chi connectivity index (χ1v) is 6.85. The molecule has 1 atom stereocenters. The lowest BCUT2D eigenvalue weighted by molar-refractivity contribution is -0.140. The minimum atomic E-state index is -0.126. The first-order valence-electron chi connectivity index (χ1n) is 5.80. The van der Waals surface area contributed by atoms with E-state index in [0.29, 0.717) is 0 Å². The average Bonchev–Trinajstić information content (AvgIpc) is 2.30. The van der Waals surface area contributed by atoms with Crippen molar-refractivity contribution in [1.82, 2.24) is 0 Å². The van der Waals surface area contributed by atoms with Crippen molar-refractivity contribution in [2.24, 2.45) is 5.92 Å². The van der Waals surface area contributed by atoms with Crippen molar-refractivity contribution in [2.45, 2.75) is 31.8 Å². The zero-order chi connectivity index (χ0) is 12.8. The lowest BCUT2D eigenvalue weighted by Gasteiger charge is -2.18. The maximum absolute atomic E-state index is 11.6. The third-order valence-corrected chi connectivity index (χ3v) is 4.29. The molecule has 94 valence electrons. The molecule has 0 saturated heterocycles. The van der Waals surface area contributed by atoms with E-state index in [-0.39, 0.29) is 17.1 Å². The zero-order valence-corrected chi connectivity index (χ0v) is 11.7. The molecule has 0 aliphatic carbocycles. The van der Waals surface area contributed by atoms with Gasteiger partial charge in [0.15, 0.2) is 0 Å². The summed E-state index contributed by atoms with van der Waals surface area (Å²) < 4.78 is 4.83. The number of benzene rings is 1. The quantitative estimate of drug-likeness (QED) is 0.751. The maximum Gasteiger partial charge on any atom is 0.319 e. The second kappa shape index (κ2) is 6.70. The molecule has 17 heavy (non-hydrogen) atoms. The van der Waals surface area contributed by atoms with E-state index in [1.165, 1.54) is 18.2 Å². The van der Waals surface area contributed by atoms with Gasteiger partial charge in [-0.05, 0) is 24.0 Å². The third kappa shape index (κ3) is 4.08. The highest BCUT2D eigenvalue weighted by molar-refractivity contribution is 7.99. The summed E-state index contributed by atoms with van der Waals surface area (Å²) in [4.78, 5) is 11.6. The maximum atomic E-state index is 11.6. The molecule has 1 rings (SSSR count). The molecular weight excluding hydrogens is 232 g/mol. The van der Waals surface area contributed by atoms with E-state index in [9.17, 15) is 4.79 Å². The summed E-state index contributed by atoms with van der Waals surface area (Å²) in [5.74, 6) is 1.01. The fourth-order valence-corrected chi connectivity index (χ4v) is 2.90. The van der Waals surface area contributed by atoms with Gasteiger partial charge in [-0.1, -0.05) is 38.1 Å². The highest BCUT2D eigenvalue weighted by atomic mass is 32.2. The third-order valence-electron chi connectivity index (χ3n) is 2.72. The van der Waals surface area contributed by atoms with E-state index in [2.05, 4.69) is 19.1 Å². The molecule has 0 bridgehead atoms. The fraction of sp³-hybridized carbons (Fsp3) is 0.500. The molecule has 0 aliphatic heterocycles. The summed E-state index contributed by atoms with van der Waals surface area (Å²) in [5.41, 5.74) is 2.56. The first-order chi connectivity index (χ1) is 8.06. The van der Waals surface area contributed by atoms with Crippen LogP contribution >= 0.6 is 11.8 Å². The van der Waals surface area contributed by atoms with Gasteiger partial charge in [0.1, 0.15) is 5.25 Å². The second-order valence-corrected chi connectivity index (χ2v) is 5.56. The standard InChI is InChI=1S/C14H20O2S/c1-10(2)13(14(15)16-4)17-9-12-8-6-5-7-11(12)3/h5-8,10,13H,9H2,1-4H3. The number of ether oxygens (including phenoxy) is 1. The van der Waals surface area contributed by atoms with Gasteiger partial charge in [-0.25, -0.2) is 0 Å². The Morgan fingerprint density at radius 2 is 2.00 bits per heavy atom. The first kappa shape index (κ1) is 14.1. The topological polar surface area (TPSA) is 26.3 Å². The largest absolute Gasteiger partial charge is 0.468 e. The molecule has 0 aromatic heterocycles. The molecule has 0 heterocycles. The van der Waals surface area contributed by atoms with Crippen molar-refractivity contribution < 1.29 is 9.53 Å². The van der Waals surface area contributed by atoms with Gasteiger partial charge in [-0.2, -0.15) is 0 Å². The fourth-order valence-electron chi connectivity index (χ4n) is 1.60. The highest BCUT2D eigenvalue weighted by Gasteiger charge is 2.23. The highest BCUT2D eigenvalue weighted by Crippen LogP contribution is 2.25. The Bertz CT molecular complexity index is 374. The van der Waals surface area contributed by atoms with Crippen LogP contribution in [0.4, 0.5) is 0 Å². The van der Waals surface area contributed by atoms with Crippen molar-refractivity contribution in [3.8, 4) is 0 Å². The number of aryl methyl sites for hydroxylation is 1. The van der Waals surface area contributed by atoms with Crippen LogP contribution in [0.2, 0.25) is 0 Å². The van der Waals surface area contributed by atoms with Crippen molar-refractivity contribution in [1.29, 1.82) is 0 Å². The molecule has 0 fully saturated rings. The molecule has 0 radical (unpaired) electrons. The molecule has 1 aromatic carbocycles. The summed E-state index contributed by atoms with van der Waals surface area (Å²) in [7, 11) is 1.45. The van der Waals surface area contributed by atoms with Gasteiger partial charge in [0.25, 0.3) is 0 Å². The predicted molar refractivity (Wildman–Crippen MR) is 73.1 cm³/mol. The van der Waals surface area contributed by atoms with Crippen molar-refractivity contribution in [2.75, 3.05) is 7.11 Å². The van der Waals surface area contributed by atoms with Gasteiger partial charge in [0, 0.05) is 5.75 Å². The van der Waals surface area contributed by atoms with E-state index >= 15 is 0 Å². The number of esters is 1. The molecule has 0 amide bonds. The number of carbonyl (C=O) groups is 1. The van der Waals surface area contributed by atoms with Gasteiger partial charge in [-0.15, -0.1) is 11.8 Å². The molecule has 1 aromatic rings. The lowest BCUT2D eigenvalue weighted by atomic mass is 10.1. The van der Waals surface area contributed by atoms with Crippen LogP contribution in [-0.4, -0.2) is 18.3 Å². The van der Waals surface area contributed by atoms with Gasteiger partial charge >= 0.3 is 5.97 Å². The van der Waals surface area contributed by atoms with Crippen molar-refractivity contribution >= 4 is 17.7 Å². The lowest BCUT2D eigenvalue weighted by Crippen LogP contribution is -2.24. The Labute approximate surface area is 108 Å². The van der Waals surface area contributed by atoms with Gasteiger partial charge in [-0.3, -0.25) is 4.79 Å². The number of hydrogen-bond acceptors (Lipinski definition) is 3. The van der Waals surface area contributed by atoms with E-state index < -0.39 is 0 Å². The summed E-state index contributed by atoms with van der Waals surface area (Å²) >= 11 is 1.66. The van der Waals surface area contributed by atoms with Crippen molar-refractivity contribution in [3.05, 3.63) is 35.4 Å². The number of methoxy groups -OCH3 is 1. The second-order valence-electron chi connectivity index (χ2n) is 4.43. The molecule has 0 spiro atoms. The van der Waals surface area contributed by atoms with Crippen molar-refractivity contribution in [3.63, 3.8) is 0 Å². The molecule has 3 heteroatoms. The van der Waals surface area contributed by atoms with Gasteiger partial charge < -0.3 is 4.74 Å². The summed E-state index contributed by atoms with van der Waals surface area (Å²) in [6, 6.07) is 8.27. The number of thioether (sulfide) groups is 1. The Balaban J connectivity index is 2.64. The molecule has 0 N–H and O–H groups in total. The van der Waals surface area contributed by atoms with Crippen LogP contribution in [0.25, 0.3) is 0 Å². The van der Waals surface area contributed by atoms with Gasteiger partial charge in [0.2, 0.25) is 0 Å². The SMILES string of the molecule is COC(=O)C(SCc1ccccc1C)C(C)C. The summed E-state index contributed by atoms with van der Waals surface area (Å²) in [5, 5.41) is -0.0837. The van der Waals surface area contributed by atoms with E-state index in [0.717, 1.165) is 5.75 Å².